The second-order valence-electron chi connectivity index (χ2n) is 3.47. The largest absolute Gasteiger partial charge is 0.293 e. The van der Waals surface area contributed by atoms with E-state index >= 15 is 0 Å². The Balaban J connectivity index is 3.11. The van der Waals surface area contributed by atoms with E-state index in [1.54, 1.807) is 6.92 Å². The third-order valence-electron chi connectivity index (χ3n) is 2.03. The van der Waals surface area contributed by atoms with E-state index in [0.717, 1.165) is 12.1 Å². The summed E-state index contributed by atoms with van der Waals surface area (Å²) in [6.07, 6.45) is 0.915. The van der Waals surface area contributed by atoms with E-state index in [-0.39, 0.29) is 5.78 Å². The van der Waals surface area contributed by atoms with Gasteiger partial charge in [-0.05, 0) is 26.3 Å². The van der Waals surface area contributed by atoms with Crippen LogP contribution in [0.1, 0.15) is 49.9 Å². The molecule has 3 nitrogen and oxygen atoms in total. The van der Waals surface area contributed by atoms with Crippen LogP contribution in [-0.4, -0.2) is 15.6 Å². The van der Waals surface area contributed by atoms with Gasteiger partial charge in [-0.25, -0.2) is 0 Å². The number of Topliss-reactive ketones (excluding diaryl/α,β-unsaturated/α-hetero) is 1. The predicted molar refractivity (Wildman–Crippen MR) is 52.0 cm³/mol. The molecule has 1 rings (SSSR count). The molecule has 0 N–H and O–H groups in total. The maximum atomic E-state index is 11.1. The van der Waals surface area contributed by atoms with E-state index in [1.165, 1.54) is 0 Å². The molecule has 0 aliphatic carbocycles. The molecule has 1 aromatic rings. The van der Waals surface area contributed by atoms with Crippen molar-refractivity contribution in [2.75, 3.05) is 0 Å². The first-order valence-corrected chi connectivity index (χ1v) is 4.65. The Morgan fingerprint density at radius 3 is 2.54 bits per heavy atom. The Morgan fingerprint density at radius 2 is 2.23 bits per heavy atom. The SMILES string of the molecule is CCc1cc(C(C)=O)nn1C(C)C. The molecule has 3 heteroatoms. The summed E-state index contributed by atoms with van der Waals surface area (Å²) in [5.74, 6) is 0.0362. The fraction of sp³-hybridized carbons (Fsp3) is 0.600. The van der Waals surface area contributed by atoms with Gasteiger partial charge in [0.15, 0.2) is 5.78 Å². The number of hydrogen-bond donors (Lipinski definition) is 0. The predicted octanol–water partition coefficient (Wildman–Crippen LogP) is 2.23. The number of hydrogen-bond acceptors (Lipinski definition) is 2. The first kappa shape index (κ1) is 9.96. The Bertz CT molecular complexity index is 313. The average Bonchev–Trinajstić information content (AvgIpc) is 2.47. The first-order valence-electron chi connectivity index (χ1n) is 4.65. The van der Waals surface area contributed by atoms with E-state index in [9.17, 15) is 4.79 Å². The highest BCUT2D eigenvalue weighted by Crippen LogP contribution is 2.12. The van der Waals surface area contributed by atoms with E-state index in [0.29, 0.717) is 11.7 Å². The van der Waals surface area contributed by atoms with Gasteiger partial charge in [0, 0.05) is 18.7 Å². The molecule has 0 saturated heterocycles. The fourth-order valence-electron chi connectivity index (χ4n) is 1.32. The molecule has 1 heterocycles. The maximum Gasteiger partial charge on any atom is 0.179 e. The van der Waals surface area contributed by atoms with Crippen molar-refractivity contribution < 1.29 is 4.79 Å². The molecular weight excluding hydrogens is 164 g/mol. The van der Waals surface area contributed by atoms with Crippen molar-refractivity contribution in [3.63, 3.8) is 0 Å². The van der Waals surface area contributed by atoms with Gasteiger partial charge in [-0.3, -0.25) is 9.48 Å². The van der Waals surface area contributed by atoms with Crippen LogP contribution in [-0.2, 0) is 6.42 Å². The number of nitrogens with zero attached hydrogens (tertiary/aromatic N) is 2. The minimum absolute atomic E-state index is 0.0362. The summed E-state index contributed by atoms with van der Waals surface area (Å²) in [5, 5.41) is 4.25. The molecule has 0 fully saturated rings. The van der Waals surface area contributed by atoms with Crippen LogP contribution in [0, 0.1) is 0 Å². The van der Waals surface area contributed by atoms with Crippen molar-refractivity contribution in [2.24, 2.45) is 0 Å². The highest BCUT2D eigenvalue weighted by molar-refractivity contribution is 5.92. The molecule has 0 aliphatic rings. The second kappa shape index (κ2) is 3.73. The van der Waals surface area contributed by atoms with Gasteiger partial charge in [-0.1, -0.05) is 6.92 Å². The number of rotatable bonds is 3. The Morgan fingerprint density at radius 1 is 1.62 bits per heavy atom. The lowest BCUT2D eigenvalue weighted by molar-refractivity contribution is 0.101. The van der Waals surface area contributed by atoms with E-state index in [1.807, 2.05) is 10.7 Å². The topological polar surface area (TPSA) is 34.9 Å². The van der Waals surface area contributed by atoms with Crippen LogP contribution in [0.5, 0.6) is 0 Å². The molecule has 0 unspecified atom stereocenters. The number of carbonyl (C=O) groups excluding carboxylic acids is 1. The van der Waals surface area contributed by atoms with Crippen molar-refractivity contribution in [1.29, 1.82) is 0 Å². The summed E-state index contributed by atoms with van der Waals surface area (Å²) >= 11 is 0. The molecule has 0 aliphatic heterocycles. The smallest absolute Gasteiger partial charge is 0.179 e. The number of ketones is 1. The normalized spacial score (nSPS) is 10.8. The number of carbonyl (C=O) groups is 1. The zero-order valence-corrected chi connectivity index (χ0v) is 8.66. The lowest BCUT2D eigenvalue weighted by Crippen LogP contribution is -2.07. The Labute approximate surface area is 78.8 Å². The summed E-state index contributed by atoms with van der Waals surface area (Å²) in [7, 11) is 0. The van der Waals surface area contributed by atoms with Crippen LogP contribution in [0.2, 0.25) is 0 Å². The highest BCUT2D eigenvalue weighted by Gasteiger charge is 2.11. The van der Waals surface area contributed by atoms with E-state index in [2.05, 4.69) is 25.9 Å². The van der Waals surface area contributed by atoms with Gasteiger partial charge in [-0.15, -0.1) is 0 Å². The first-order chi connectivity index (χ1) is 6.06. The molecule has 0 amide bonds. The van der Waals surface area contributed by atoms with Gasteiger partial charge in [-0.2, -0.15) is 5.10 Å². The number of aromatic nitrogens is 2. The summed E-state index contributed by atoms with van der Waals surface area (Å²) in [6.45, 7) is 7.75. The monoisotopic (exact) mass is 180 g/mol. The molecular formula is C10H16N2O. The van der Waals surface area contributed by atoms with Crippen LogP contribution in [0.4, 0.5) is 0 Å². The van der Waals surface area contributed by atoms with Crippen LogP contribution in [0.25, 0.3) is 0 Å². The Kier molecular flexibility index (Phi) is 2.86. The molecule has 13 heavy (non-hydrogen) atoms. The Hall–Kier alpha value is -1.12. The maximum absolute atomic E-state index is 11.1. The molecule has 0 bridgehead atoms. The summed E-state index contributed by atoms with van der Waals surface area (Å²) in [6, 6.07) is 2.20. The molecule has 0 aromatic carbocycles. The minimum Gasteiger partial charge on any atom is -0.293 e. The van der Waals surface area contributed by atoms with Crippen molar-refractivity contribution in [3.05, 3.63) is 17.5 Å². The third-order valence-corrected chi connectivity index (χ3v) is 2.03. The van der Waals surface area contributed by atoms with Gasteiger partial charge >= 0.3 is 0 Å². The van der Waals surface area contributed by atoms with Crippen molar-refractivity contribution in [1.82, 2.24) is 9.78 Å². The molecule has 0 spiro atoms. The standard InChI is InChI=1S/C10H16N2O/c1-5-9-6-10(8(4)13)11-12(9)7(2)3/h6-7H,5H2,1-4H3. The van der Waals surface area contributed by atoms with Gasteiger partial charge in [0.2, 0.25) is 0 Å². The lowest BCUT2D eigenvalue weighted by Gasteiger charge is -2.08. The molecule has 72 valence electrons. The van der Waals surface area contributed by atoms with Crippen LogP contribution < -0.4 is 0 Å². The van der Waals surface area contributed by atoms with Gasteiger partial charge in [0.1, 0.15) is 5.69 Å². The average molecular weight is 180 g/mol. The molecule has 0 atom stereocenters. The fourth-order valence-corrected chi connectivity index (χ4v) is 1.32. The zero-order valence-electron chi connectivity index (χ0n) is 8.66. The van der Waals surface area contributed by atoms with Crippen LogP contribution >= 0.6 is 0 Å². The van der Waals surface area contributed by atoms with Crippen molar-refractivity contribution >= 4 is 5.78 Å². The lowest BCUT2D eigenvalue weighted by atomic mass is 10.2. The van der Waals surface area contributed by atoms with Gasteiger partial charge < -0.3 is 0 Å². The minimum atomic E-state index is 0.0362. The molecule has 0 saturated carbocycles. The zero-order chi connectivity index (χ0) is 10.0. The summed E-state index contributed by atoms with van der Waals surface area (Å²) in [4.78, 5) is 11.1. The van der Waals surface area contributed by atoms with E-state index < -0.39 is 0 Å². The second-order valence-corrected chi connectivity index (χ2v) is 3.47. The van der Waals surface area contributed by atoms with Crippen molar-refractivity contribution in [3.8, 4) is 0 Å². The molecule has 1 aromatic heterocycles. The van der Waals surface area contributed by atoms with Gasteiger partial charge in [0.25, 0.3) is 0 Å². The van der Waals surface area contributed by atoms with Crippen LogP contribution in [0.3, 0.4) is 0 Å². The summed E-state index contributed by atoms with van der Waals surface area (Å²) in [5.41, 5.74) is 1.70. The van der Waals surface area contributed by atoms with Crippen molar-refractivity contribution in [2.45, 2.75) is 40.2 Å². The van der Waals surface area contributed by atoms with Crippen LogP contribution in [0.15, 0.2) is 6.07 Å². The quantitative estimate of drug-likeness (QED) is 0.668. The van der Waals surface area contributed by atoms with Gasteiger partial charge in [0.05, 0.1) is 0 Å². The summed E-state index contributed by atoms with van der Waals surface area (Å²) < 4.78 is 1.91. The third kappa shape index (κ3) is 1.97. The highest BCUT2D eigenvalue weighted by atomic mass is 16.1. The number of aryl methyl sites for hydroxylation is 1. The van der Waals surface area contributed by atoms with E-state index in [4.69, 9.17) is 0 Å². The molecule has 0 radical (unpaired) electrons.